The minimum atomic E-state index is -0.961. The Morgan fingerprint density at radius 2 is 0.926 bits per heavy atom. The summed E-state index contributed by atoms with van der Waals surface area (Å²) in [6, 6.07) is 12.5. The lowest BCUT2D eigenvalue weighted by Crippen LogP contribution is -2.53. The number of hydrogen-bond acceptors (Lipinski definition) is 10. The average Bonchev–Trinajstić information content (AvgIpc) is 3.89. The van der Waals surface area contributed by atoms with E-state index in [9.17, 15) is 19.2 Å². The van der Waals surface area contributed by atoms with E-state index in [1.54, 1.807) is 40.1 Å². The molecule has 0 aliphatic rings. The normalized spacial score (nSPS) is 14.1. The van der Waals surface area contributed by atoms with E-state index in [1.165, 1.54) is 28.4 Å². The number of alkyl carbamates (subject to hydrolysis) is 2. The van der Waals surface area contributed by atoms with Crippen molar-refractivity contribution in [3.63, 3.8) is 0 Å². The number of imidazole rings is 2. The van der Waals surface area contributed by atoms with Crippen LogP contribution in [0.15, 0.2) is 60.9 Å². The van der Waals surface area contributed by atoms with Gasteiger partial charge in [0.2, 0.25) is 11.8 Å². The van der Waals surface area contributed by atoms with Crippen LogP contribution in [0, 0.1) is 11.8 Å². The maximum atomic E-state index is 12.9. The van der Waals surface area contributed by atoms with Crippen molar-refractivity contribution >= 4 is 24.0 Å². The molecule has 6 unspecified atom stereocenters. The first-order chi connectivity index (χ1) is 25.9. The van der Waals surface area contributed by atoms with Crippen LogP contribution < -0.4 is 21.3 Å². The molecule has 4 rings (SSSR count). The Bertz CT molecular complexity index is 1810. The highest BCUT2D eigenvalue weighted by Gasteiger charge is 2.30. The first-order valence-corrected chi connectivity index (χ1v) is 17.0. The molecule has 2 aromatic carbocycles. The highest BCUT2D eigenvalue weighted by atomic mass is 16.5. The van der Waals surface area contributed by atoms with Crippen molar-refractivity contribution in [2.75, 3.05) is 28.4 Å². The van der Waals surface area contributed by atoms with Gasteiger partial charge in [-0.3, -0.25) is 9.59 Å². The lowest BCUT2D eigenvalue weighted by atomic mass is 10.1. The van der Waals surface area contributed by atoms with Gasteiger partial charge >= 0.3 is 12.2 Å². The fourth-order valence-corrected chi connectivity index (χ4v) is 5.20. The van der Waals surface area contributed by atoms with Gasteiger partial charge in [-0.05, 0) is 63.1 Å². The molecule has 16 nitrogen and oxygen atoms in total. The zero-order valence-electron chi connectivity index (χ0n) is 31.4. The predicted octanol–water partition coefficient (Wildman–Crippen LogP) is 3.74. The smallest absolute Gasteiger partial charge is 0.407 e. The molecule has 16 heteroatoms. The van der Waals surface area contributed by atoms with E-state index in [2.05, 4.69) is 62.5 Å². The lowest BCUT2D eigenvalue weighted by molar-refractivity contribution is -0.127. The van der Waals surface area contributed by atoms with Gasteiger partial charge in [0.15, 0.2) is 0 Å². The maximum absolute atomic E-state index is 12.9. The van der Waals surface area contributed by atoms with Crippen molar-refractivity contribution in [3.8, 4) is 34.4 Å². The van der Waals surface area contributed by atoms with Crippen molar-refractivity contribution in [2.24, 2.45) is 0 Å². The lowest BCUT2D eigenvalue weighted by Gasteiger charge is -2.24. The first kappa shape index (κ1) is 40.6. The number of nitrogens with zero attached hydrogens (tertiary/aromatic N) is 2. The summed E-state index contributed by atoms with van der Waals surface area (Å²) in [5.74, 6) is 6.56. The molecule has 4 aromatic rings. The molecule has 2 aromatic heterocycles. The fourth-order valence-electron chi connectivity index (χ4n) is 5.20. The van der Waals surface area contributed by atoms with E-state index in [0.29, 0.717) is 11.6 Å². The quantitative estimate of drug-likeness (QED) is 0.103. The summed E-state index contributed by atoms with van der Waals surface area (Å²) in [4.78, 5) is 64.7. The highest BCUT2D eigenvalue weighted by Crippen LogP contribution is 2.22. The Morgan fingerprint density at radius 3 is 1.24 bits per heavy atom. The van der Waals surface area contributed by atoms with Crippen molar-refractivity contribution in [2.45, 2.75) is 64.1 Å². The molecule has 0 aliphatic carbocycles. The molecule has 4 amide bonds. The third-order valence-corrected chi connectivity index (χ3v) is 8.64. The Balaban J connectivity index is 1.35. The summed E-state index contributed by atoms with van der Waals surface area (Å²) in [6.45, 7) is 6.90. The van der Waals surface area contributed by atoms with Gasteiger partial charge in [0, 0.05) is 25.3 Å². The predicted molar refractivity (Wildman–Crippen MR) is 199 cm³/mol. The number of carbonyl (C=O) groups is 4. The molecular formula is C38H46N8O8. The van der Waals surface area contributed by atoms with Crippen LogP contribution >= 0.6 is 0 Å². The average molecular weight is 743 g/mol. The van der Waals surface area contributed by atoms with Gasteiger partial charge in [-0.1, -0.05) is 36.1 Å². The summed E-state index contributed by atoms with van der Waals surface area (Å²) in [7, 11) is 5.34. The zero-order valence-corrected chi connectivity index (χ0v) is 31.4. The molecule has 54 heavy (non-hydrogen) atoms. The highest BCUT2D eigenvalue weighted by molar-refractivity contribution is 5.87. The monoisotopic (exact) mass is 742 g/mol. The van der Waals surface area contributed by atoms with E-state index >= 15 is 0 Å². The molecule has 0 fully saturated rings. The van der Waals surface area contributed by atoms with Crippen LogP contribution in [0.5, 0.6) is 0 Å². The van der Waals surface area contributed by atoms with E-state index < -0.39 is 60.4 Å². The van der Waals surface area contributed by atoms with Crippen LogP contribution in [-0.2, 0) is 28.5 Å². The second kappa shape index (κ2) is 19.1. The Morgan fingerprint density at radius 1 is 0.574 bits per heavy atom. The molecule has 0 radical (unpaired) electrons. The summed E-state index contributed by atoms with van der Waals surface area (Å²) in [5, 5.41) is 10.7. The van der Waals surface area contributed by atoms with Gasteiger partial charge in [-0.2, -0.15) is 0 Å². The minimum absolute atomic E-state index is 0.444. The summed E-state index contributed by atoms with van der Waals surface area (Å²) in [6.07, 6.45) is 0.705. The SMILES string of the molecule is COC(=O)NC(C(=O)NC(C)c1ncc(-c2ccc(C#Cc3ccc(-c4cnc(C(C)NC(=O)C(NC(=O)OC)C(C)OC)[nH]4)cc3)cc2)[nH]1)C(C)OC. The Labute approximate surface area is 313 Å². The molecular weight excluding hydrogens is 696 g/mol. The molecule has 0 bridgehead atoms. The number of H-pyrrole nitrogens is 2. The van der Waals surface area contributed by atoms with E-state index in [0.717, 1.165) is 33.6 Å². The fraction of sp³-hybridized carbons (Fsp3) is 0.368. The number of methoxy groups -OCH3 is 4. The molecule has 286 valence electrons. The van der Waals surface area contributed by atoms with Crippen LogP contribution in [0.1, 0.15) is 62.6 Å². The topological polar surface area (TPSA) is 211 Å². The van der Waals surface area contributed by atoms with Gasteiger partial charge in [0.1, 0.15) is 23.7 Å². The number of aromatic nitrogens is 4. The van der Waals surface area contributed by atoms with Gasteiger partial charge in [-0.15, -0.1) is 0 Å². The minimum Gasteiger partial charge on any atom is -0.453 e. The van der Waals surface area contributed by atoms with Crippen molar-refractivity contribution in [3.05, 3.63) is 83.7 Å². The molecule has 6 N–H and O–H groups in total. The number of ether oxygens (including phenoxy) is 4. The number of nitrogens with one attached hydrogen (secondary N) is 6. The van der Waals surface area contributed by atoms with E-state index in [4.69, 9.17) is 9.47 Å². The Kier molecular flexibility index (Phi) is 14.3. The number of rotatable bonds is 14. The number of benzene rings is 2. The van der Waals surface area contributed by atoms with Crippen LogP contribution in [0.4, 0.5) is 9.59 Å². The van der Waals surface area contributed by atoms with Gasteiger partial charge in [0.25, 0.3) is 0 Å². The second-order valence-electron chi connectivity index (χ2n) is 12.3. The van der Waals surface area contributed by atoms with Gasteiger partial charge in [0.05, 0.1) is 62.3 Å². The molecule has 0 saturated carbocycles. The zero-order chi connectivity index (χ0) is 39.4. The molecule has 0 spiro atoms. The summed E-state index contributed by atoms with van der Waals surface area (Å²) < 4.78 is 19.8. The van der Waals surface area contributed by atoms with Crippen LogP contribution in [0.25, 0.3) is 22.5 Å². The van der Waals surface area contributed by atoms with Crippen molar-refractivity contribution in [1.29, 1.82) is 0 Å². The maximum Gasteiger partial charge on any atom is 0.407 e. The Hall–Kier alpha value is -6.18. The van der Waals surface area contributed by atoms with E-state index in [1.807, 2.05) is 48.5 Å². The third kappa shape index (κ3) is 10.7. The third-order valence-electron chi connectivity index (χ3n) is 8.64. The van der Waals surface area contributed by atoms with Crippen molar-refractivity contribution in [1.82, 2.24) is 41.2 Å². The summed E-state index contributed by atoms with van der Waals surface area (Å²) >= 11 is 0. The van der Waals surface area contributed by atoms with Gasteiger partial charge in [-0.25, -0.2) is 19.6 Å². The molecule has 6 atom stereocenters. The number of aromatic amines is 2. The van der Waals surface area contributed by atoms with Crippen molar-refractivity contribution < 1.29 is 38.1 Å². The number of hydrogen-bond donors (Lipinski definition) is 6. The van der Waals surface area contributed by atoms with Crippen LogP contribution in [0.3, 0.4) is 0 Å². The van der Waals surface area contributed by atoms with Crippen LogP contribution in [0.2, 0.25) is 0 Å². The number of amides is 4. The van der Waals surface area contributed by atoms with E-state index in [-0.39, 0.29) is 0 Å². The first-order valence-electron chi connectivity index (χ1n) is 17.0. The number of carbonyl (C=O) groups excluding carboxylic acids is 4. The van der Waals surface area contributed by atoms with Gasteiger partial charge < -0.3 is 50.2 Å². The summed E-state index contributed by atoms with van der Waals surface area (Å²) in [5.41, 5.74) is 4.92. The standard InChI is InChI=1S/C38H46N8O8/c1-21(41-35(47)31(23(3)51-5)45-37(49)53-7)33-39-19-29(43-33)27-15-11-25(12-16-27)9-10-26-13-17-28(18-14-26)30-20-40-34(44-30)22(2)42-36(48)32(24(4)52-6)46-38(50)54-8/h11-24,31-32H,1-8H3,(H,39,43)(H,40,44)(H,41,47)(H,42,48)(H,45,49)(H,46,50). The second-order valence-corrected chi connectivity index (χ2v) is 12.3. The molecule has 0 saturated heterocycles. The van der Waals surface area contributed by atoms with Crippen LogP contribution in [-0.4, -0.2) is 96.7 Å². The molecule has 0 aliphatic heterocycles. The largest absolute Gasteiger partial charge is 0.453 e. The molecule has 2 heterocycles.